The van der Waals surface area contributed by atoms with Crippen LogP contribution in [-0.2, 0) is 16.0 Å². The second-order valence-corrected chi connectivity index (χ2v) is 6.55. The number of amides is 1. The Kier molecular flexibility index (Phi) is 7.56. The lowest BCUT2D eigenvalue weighted by Crippen LogP contribution is -2.45. The fraction of sp³-hybridized carbons (Fsp3) is 0.632. The van der Waals surface area contributed by atoms with Gasteiger partial charge < -0.3 is 15.4 Å². The molecule has 0 radical (unpaired) electrons. The summed E-state index contributed by atoms with van der Waals surface area (Å²) in [5.41, 5.74) is 7.27. The highest BCUT2D eigenvalue weighted by atomic mass is 16.5. The normalized spacial score (nSPS) is 19.6. The zero-order valence-corrected chi connectivity index (χ0v) is 14.2. The van der Waals surface area contributed by atoms with Gasteiger partial charge in [-0.25, -0.2) is 0 Å². The smallest absolute Gasteiger partial charge is 0.222 e. The van der Waals surface area contributed by atoms with Gasteiger partial charge in [0.1, 0.15) is 0 Å². The van der Waals surface area contributed by atoms with E-state index < -0.39 is 0 Å². The van der Waals surface area contributed by atoms with Crippen molar-refractivity contribution in [1.29, 1.82) is 0 Å². The number of nitrogens with zero attached hydrogens (tertiary/aromatic N) is 1. The van der Waals surface area contributed by atoms with Gasteiger partial charge in [-0.05, 0) is 44.1 Å². The SMILES string of the molecule is CC(N)C1CCCN(C(=O)CCCOCCc2ccccc2)C1. The van der Waals surface area contributed by atoms with E-state index in [2.05, 4.69) is 12.1 Å². The predicted molar refractivity (Wildman–Crippen MR) is 93.2 cm³/mol. The average Bonchev–Trinajstić information content (AvgIpc) is 2.58. The molecule has 1 aliphatic heterocycles. The lowest BCUT2D eigenvalue weighted by molar-refractivity contribution is -0.133. The number of ether oxygens (including phenoxy) is 1. The van der Waals surface area contributed by atoms with Crippen LogP contribution >= 0.6 is 0 Å². The monoisotopic (exact) mass is 318 g/mol. The van der Waals surface area contributed by atoms with Crippen LogP contribution in [0.1, 0.15) is 38.2 Å². The maximum absolute atomic E-state index is 12.2. The molecule has 0 aliphatic carbocycles. The number of hydrogen-bond donors (Lipinski definition) is 1. The van der Waals surface area contributed by atoms with Gasteiger partial charge in [0, 0.05) is 32.2 Å². The number of nitrogens with two attached hydrogens (primary N) is 1. The summed E-state index contributed by atoms with van der Waals surface area (Å²) in [5, 5.41) is 0. The Balaban J connectivity index is 1.56. The highest BCUT2D eigenvalue weighted by Crippen LogP contribution is 2.19. The third-order valence-corrected chi connectivity index (χ3v) is 4.61. The molecule has 4 nitrogen and oxygen atoms in total. The lowest BCUT2D eigenvalue weighted by Gasteiger charge is -2.34. The van der Waals surface area contributed by atoms with Crippen molar-refractivity contribution < 1.29 is 9.53 Å². The van der Waals surface area contributed by atoms with Crippen molar-refractivity contribution in [3.8, 4) is 0 Å². The van der Waals surface area contributed by atoms with Crippen LogP contribution in [0.3, 0.4) is 0 Å². The van der Waals surface area contributed by atoms with Crippen LogP contribution in [0.15, 0.2) is 30.3 Å². The van der Waals surface area contributed by atoms with E-state index in [1.807, 2.05) is 30.0 Å². The Morgan fingerprint density at radius 1 is 1.35 bits per heavy atom. The van der Waals surface area contributed by atoms with Crippen LogP contribution in [0.5, 0.6) is 0 Å². The minimum Gasteiger partial charge on any atom is -0.381 e. The van der Waals surface area contributed by atoms with Gasteiger partial charge in [-0.15, -0.1) is 0 Å². The van der Waals surface area contributed by atoms with Crippen molar-refractivity contribution in [2.45, 2.75) is 45.1 Å². The van der Waals surface area contributed by atoms with E-state index in [1.165, 1.54) is 5.56 Å². The topological polar surface area (TPSA) is 55.6 Å². The lowest BCUT2D eigenvalue weighted by atomic mass is 9.92. The van der Waals surface area contributed by atoms with E-state index in [0.717, 1.165) is 38.8 Å². The predicted octanol–water partition coefficient (Wildman–Crippen LogP) is 2.61. The zero-order chi connectivity index (χ0) is 16.5. The van der Waals surface area contributed by atoms with Crippen LogP contribution in [0.2, 0.25) is 0 Å². The first-order valence-electron chi connectivity index (χ1n) is 8.82. The average molecular weight is 318 g/mol. The Labute approximate surface area is 140 Å². The molecular formula is C19H30N2O2. The molecule has 2 atom stereocenters. The zero-order valence-electron chi connectivity index (χ0n) is 14.2. The van der Waals surface area contributed by atoms with E-state index in [9.17, 15) is 4.79 Å². The van der Waals surface area contributed by atoms with E-state index in [-0.39, 0.29) is 11.9 Å². The van der Waals surface area contributed by atoms with Gasteiger partial charge in [-0.2, -0.15) is 0 Å². The minimum absolute atomic E-state index is 0.173. The van der Waals surface area contributed by atoms with Gasteiger partial charge in [0.25, 0.3) is 0 Å². The molecule has 1 heterocycles. The fourth-order valence-electron chi connectivity index (χ4n) is 3.09. The number of piperidine rings is 1. The molecule has 23 heavy (non-hydrogen) atoms. The number of rotatable bonds is 8. The molecule has 1 saturated heterocycles. The first-order valence-corrected chi connectivity index (χ1v) is 8.82. The molecule has 1 aliphatic rings. The first-order chi connectivity index (χ1) is 11.2. The van der Waals surface area contributed by atoms with Gasteiger partial charge in [-0.1, -0.05) is 30.3 Å². The van der Waals surface area contributed by atoms with Gasteiger partial charge >= 0.3 is 0 Å². The molecule has 0 aromatic heterocycles. The standard InChI is InChI=1S/C19H30N2O2/c1-16(20)18-9-5-12-21(15-18)19(22)10-6-13-23-14-11-17-7-3-2-4-8-17/h2-4,7-8,16,18H,5-6,9-15,20H2,1H3. The summed E-state index contributed by atoms with van der Waals surface area (Å²) < 4.78 is 5.64. The Hall–Kier alpha value is -1.39. The third-order valence-electron chi connectivity index (χ3n) is 4.61. The van der Waals surface area contributed by atoms with Gasteiger partial charge in [-0.3, -0.25) is 4.79 Å². The molecule has 4 heteroatoms. The van der Waals surface area contributed by atoms with E-state index in [4.69, 9.17) is 10.5 Å². The number of hydrogen-bond acceptors (Lipinski definition) is 3. The summed E-state index contributed by atoms with van der Waals surface area (Å²) in [7, 11) is 0. The summed E-state index contributed by atoms with van der Waals surface area (Å²) in [4.78, 5) is 14.2. The molecule has 128 valence electrons. The van der Waals surface area contributed by atoms with Gasteiger partial charge in [0.2, 0.25) is 5.91 Å². The first kappa shape index (κ1) is 18.0. The molecule has 0 spiro atoms. The molecular weight excluding hydrogens is 288 g/mol. The Bertz CT molecular complexity index is 462. The van der Waals surface area contributed by atoms with Crippen molar-refractivity contribution in [1.82, 2.24) is 4.90 Å². The van der Waals surface area contributed by atoms with Crippen molar-refractivity contribution in [3.05, 3.63) is 35.9 Å². The molecule has 0 saturated carbocycles. The molecule has 2 rings (SSSR count). The molecule has 1 fully saturated rings. The van der Waals surface area contributed by atoms with Crippen LogP contribution in [-0.4, -0.2) is 43.2 Å². The maximum atomic E-state index is 12.2. The molecule has 1 aromatic rings. The Morgan fingerprint density at radius 3 is 2.87 bits per heavy atom. The van der Waals surface area contributed by atoms with Crippen molar-refractivity contribution in [2.24, 2.45) is 11.7 Å². The maximum Gasteiger partial charge on any atom is 0.222 e. The van der Waals surface area contributed by atoms with Crippen LogP contribution in [0.4, 0.5) is 0 Å². The van der Waals surface area contributed by atoms with Crippen molar-refractivity contribution >= 4 is 5.91 Å². The third kappa shape index (κ3) is 6.32. The second-order valence-electron chi connectivity index (χ2n) is 6.55. The van der Waals surface area contributed by atoms with Crippen molar-refractivity contribution in [3.63, 3.8) is 0 Å². The molecule has 2 unspecified atom stereocenters. The summed E-state index contributed by atoms with van der Waals surface area (Å²) >= 11 is 0. The molecule has 2 N–H and O–H groups in total. The summed E-state index contributed by atoms with van der Waals surface area (Å²) in [6.45, 7) is 5.12. The number of benzene rings is 1. The van der Waals surface area contributed by atoms with E-state index >= 15 is 0 Å². The Morgan fingerprint density at radius 2 is 2.13 bits per heavy atom. The van der Waals surface area contributed by atoms with E-state index in [1.54, 1.807) is 0 Å². The van der Waals surface area contributed by atoms with Crippen LogP contribution in [0, 0.1) is 5.92 Å². The van der Waals surface area contributed by atoms with Crippen molar-refractivity contribution in [2.75, 3.05) is 26.3 Å². The fourth-order valence-corrected chi connectivity index (χ4v) is 3.09. The summed E-state index contributed by atoms with van der Waals surface area (Å²) in [5.74, 6) is 0.705. The minimum atomic E-state index is 0.173. The highest BCUT2D eigenvalue weighted by Gasteiger charge is 2.25. The van der Waals surface area contributed by atoms with Gasteiger partial charge in [0.05, 0.1) is 6.61 Å². The summed E-state index contributed by atoms with van der Waals surface area (Å²) in [6, 6.07) is 10.5. The number of carbonyl (C=O) groups excluding carboxylic acids is 1. The van der Waals surface area contributed by atoms with Crippen LogP contribution < -0.4 is 5.73 Å². The molecule has 1 amide bonds. The molecule has 0 bridgehead atoms. The number of carbonyl (C=O) groups is 1. The second kappa shape index (κ2) is 9.68. The number of likely N-dealkylation sites (tertiary alicyclic amines) is 1. The summed E-state index contributed by atoms with van der Waals surface area (Å²) in [6.07, 6.45) is 4.52. The molecule has 1 aromatic carbocycles. The quantitative estimate of drug-likeness (QED) is 0.750. The highest BCUT2D eigenvalue weighted by molar-refractivity contribution is 5.76. The van der Waals surface area contributed by atoms with Gasteiger partial charge in [0.15, 0.2) is 0 Å². The van der Waals surface area contributed by atoms with Crippen LogP contribution in [0.25, 0.3) is 0 Å². The largest absolute Gasteiger partial charge is 0.381 e. The van der Waals surface area contributed by atoms with E-state index in [0.29, 0.717) is 25.6 Å².